The fraction of sp³-hybridized carbons (Fsp3) is 0.176. The van der Waals surface area contributed by atoms with Crippen LogP contribution in [0.4, 0.5) is 9.52 Å². The standard InChI is InChI=1S/C17H17FN4O2S/c1-5-6-7-14(24-4)15(18)12-8-10(2)19-9-13(12)16(23)20-17-22-21-11(3)25-17/h5-9H,1H2,2-4H3,(H,20,22,23)/b7-6-,15-14+. The van der Waals surface area contributed by atoms with Crippen molar-refractivity contribution in [3.8, 4) is 0 Å². The molecule has 0 aliphatic carbocycles. The molecule has 2 heterocycles. The van der Waals surface area contributed by atoms with E-state index in [1.807, 2.05) is 0 Å². The van der Waals surface area contributed by atoms with E-state index in [-0.39, 0.29) is 16.9 Å². The lowest BCUT2D eigenvalue weighted by molar-refractivity contribution is 0.102. The lowest BCUT2D eigenvalue weighted by atomic mass is 10.1. The second-order valence-corrected chi connectivity index (χ2v) is 6.11. The van der Waals surface area contributed by atoms with Crippen LogP contribution < -0.4 is 5.32 Å². The summed E-state index contributed by atoms with van der Waals surface area (Å²) >= 11 is 1.22. The van der Waals surface area contributed by atoms with Crippen molar-refractivity contribution in [2.75, 3.05) is 12.4 Å². The molecule has 0 aliphatic rings. The van der Waals surface area contributed by atoms with E-state index in [4.69, 9.17) is 4.74 Å². The maximum atomic E-state index is 14.9. The largest absolute Gasteiger partial charge is 0.494 e. The van der Waals surface area contributed by atoms with E-state index in [1.54, 1.807) is 13.8 Å². The summed E-state index contributed by atoms with van der Waals surface area (Å²) in [5.41, 5.74) is 0.714. The Balaban J connectivity index is 2.46. The van der Waals surface area contributed by atoms with E-state index in [1.165, 1.54) is 48.9 Å². The van der Waals surface area contributed by atoms with E-state index in [9.17, 15) is 9.18 Å². The Morgan fingerprint density at radius 2 is 2.12 bits per heavy atom. The van der Waals surface area contributed by atoms with Crippen LogP contribution in [0, 0.1) is 13.8 Å². The maximum Gasteiger partial charge on any atom is 0.259 e. The number of anilines is 1. The molecule has 1 N–H and O–H groups in total. The number of pyridine rings is 1. The summed E-state index contributed by atoms with van der Waals surface area (Å²) in [6.45, 7) is 7.01. The third-order valence-corrected chi connectivity index (χ3v) is 3.84. The number of aryl methyl sites for hydroxylation is 2. The van der Waals surface area contributed by atoms with Crippen LogP contribution in [0.25, 0.3) is 5.83 Å². The quantitative estimate of drug-likeness (QED) is 0.626. The van der Waals surface area contributed by atoms with Gasteiger partial charge >= 0.3 is 0 Å². The predicted molar refractivity (Wildman–Crippen MR) is 95.9 cm³/mol. The average Bonchev–Trinajstić information content (AvgIpc) is 3.00. The zero-order valence-corrected chi connectivity index (χ0v) is 14.9. The average molecular weight is 360 g/mol. The number of hydrogen-bond acceptors (Lipinski definition) is 6. The first-order valence-corrected chi connectivity index (χ1v) is 8.09. The maximum absolute atomic E-state index is 14.9. The van der Waals surface area contributed by atoms with Gasteiger partial charge in [0.15, 0.2) is 11.6 Å². The fourth-order valence-electron chi connectivity index (χ4n) is 1.95. The van der Waals surface area contributed by atoms with Crippen molar-refractivity contribution >= 4 is 28.2 Å². The van der Waals surface area contributed by atoms with Crippen LogP contribution in [0.2, 0.25) is 0 Å². The van der Waals surface area contributed by atoms with Gasteiger partial charge in [-0.15, -0.1) is 10.2 Å². The Morgan fingerprint density at radius 1 is 1.36 bits per heavy atom. The van der Waals surface area contributed by atoms with E-state index in [0.29, 0.717) is 15.8 Å². The second-order valence-electron chi connectivity index (χ2n) is 4.93. The lowest BCUT2D eigenvalue weighted by Crippen LogP contribution is -2.15. The van der Waals surface area contributed by atoms with Crippen LogP contribution >= 0.6 is 11.3 Å². The minimum absolute atomic E-state index is 0.0219. The summed E-state index contributed by atoms with van der Waals surface area (Å²) in [5.74, 6) is -1.23. The van der Waals surface area contributed by atoms with Crippen molar-refractivity contribution in [3.05, 3.63) is 64.7 Å². The molecule has 2 aromatic heterocycles. The molecule has 6 nitrogen and oxygen atoms in total. The summed E-state index contributed by atoms with van der Waals surface area (Å²) < 4.78 is 20.0. The van der Waals surface area contributed by atoms with Gasteiger partial charge in [-0.25, -0.2) is 4.39 Å². The van der Waals surface area contributed by atoms with Crippen molar-refractivity contribution in [3.63, 3.8) is 0 Å². The summed E-state index contributed by atoms with van der Waals surface area (Å²) in [6, 6.07) is 1.48. The SMILES string of the molecule is C=C/C=C\C(OC)=C(/F)c1cc(C)ncc1C(=O)Nc1nnc(C)s1. The van der Waals surface area contributed by atoms with Gasteiger partial charge in [0.25, 0.3) is 5.91 Å². The number of carbonyl (C=O) groups is 1. The lowest BCUT2D eigenvalue weighted by Gasteiger charge is -2.10. The molecule has 0 radical (unpaired) electrons. The summed E-state index contributed by atoms with van der Waals surface area (Å²) in [4.78, 5) is 16.6. The van der Waals surface area contributed by atoms with E-state index in [2.05, 4.69) is 27.1 Å². The molecule has 8 heteroatoms. The summed E-state index contributed by atoms with van der Waals surface area (Å²) in [6.07, 6.45) is 5.78. The molecule has 0 spiro atoms. The van der Waals surface area contributed by atoms with Crippen molar-refractivity contribution in [1.82, 2.24) is 15.2 Å². The molecule has 0 aliphatic heterocycles. The van der Waals surface area contributed by atoms with Crippen LogP contribution in [0.3, 0.4) is 0 Å². The smallest absolute Gasteiger partial charge is 0.259 e. The van der Waals surface area contributed by atoms with Crippen LogP contribution in [0.1, 0.15) is 26.6 Å². The van der Waals surface area contributed by atoms with Gasteiger partial charge < -0.3 is 4.74 Å². The van der Waals surface area contributed by atoms with Gasteiger partial charge in [-0.3, -0.25) is 15.1 Å². The molecular weight excluding hydrogens is 343 g/mol. The molecule has 0 saturated heterocycles. The van der Waals surface area contributed by atoms with Crippen LogP contribution in [0.15, 0.2) is 42.8 Å². The number of aromatic nitrogens is 3. The molecule has 0 unspecified atom stereocenters. The Bertz CT molecular complexity index is 858. The number of hydrogen-bond donors (Lipinski definition) is 1. The molecule has 0 atom stereocenters. The highest BCUT2D eigenvalue weighted by molar-refractivity contribution is 7.15. The number of ether oxygens (including phenoxy) is 1. The summed E-state index contributed by atoms with van der Waals surface area (Å²) in [5, 5.41) is 11.3. The molecule has 0 saturated carbocycles. The Labute approximate surface area is 148 Å². The van der Waals surface area contributed by atoms with Crippen molar-refractivity contribution in [1.29, 1.82) is 0 Å². The highest BCUT2D eigenvalue weighted by Gasteiger charge is 2.19. The molecule has 25 heavy (non-hydrogen) atoms. The number of halogens is 1. The van der Waals surface area contributed by atoms with Crippen LogP contribution in [-0.4, -0.2) is 28.2 Å². The number of rotatable bonds is 6. The highest BCUT2D eigenvalue weighted by Crippen LogP contribution is 2.26. The van der Waals surface area contributed by atoms with E-state index < -0.39 is 11.7 Å². The predicted octanol–water partition coefficient (Wildman–Crippen LogP) is 3.83. The topological polar surface area (TPSA) is 77.0 Å². The third kappa shape index (κ3) is 4.57. The molecule has 0 fully saturated rings. The van der Waals surface area contributed by atoms with Crippen LogP contribution in [0.5, 0.6) is 0 Å². The number of carbonyl (C=O) groups excluding carboxylic acids is 1. The summed E-state index contributed by atoms with van der Waals surface area (Å²) in [7, 11) is 1.35. The van der Waals surface area contributed by atoms with Gasteiger partial charge in [0, 0.05) is 17.5 Å². The Kier molecular flexibility index (Phi) is 6.13. The third-order valence-electron chi connectivity index (χ3n) is 3.09. The van der Waals surface area contributed by atoms with Gasteiger partial charge in [-0.05, 0) is 26.0 Å². The highest BCUT2D eigenvalue weighted by atomic mass is 32.1. The van der Waals surface area contributed by atoms with Crippen molar-refractivity contribution in [2.45, 2.75) is 13.8 Å². The Hall–Kier alpha value is -2.87. The fourth-order valence-corrected chi connectivity index (χ4v) is 2.54. The molecule has 2 aromatic rings. The molecule has 1 amide bonds. The Morgan fingerprint density at radius 3 is 2.72 bits per heavy atom. The van der Waals surface area contributed by atoms with Crippen molar-refractivity contribution < 1.29 is 13.9 Å². The van der Waals surface area contributed by atoms with Crippen molar-refractivity contribution in [2.24, 2.45) is 0 Å². The van der Waals surface area contributed by atoms with Gasteiger partial charge in [0.2, 0.25) is 5.13 Å². The van der Waals surface area contributed by atoms with Crippen LogP contribution in [-0.2, 0) is 4.74 Å². The molecular formula is C17H17FN4O2S. The normalized spacial score (nSPS) is 12.0. The molecule has 2 rings (SSSR count). The first-order chi connectivity index (χ1) is 12.0. The zero-order valence-electron chi connectivity index (χ0n) is 14.0. The monoisotopic (exact) mass is 360 g/mol. The molecule has 130 valence electrons. The minimum Gasteiger partial charge on any atom is -0.494 e. The van der Waals surface area contributed by atoms with E-state index in [0.717, 1.165) is 0 Å². The van der Waals surface area contributed by atoms with E-state index >= 15 is 0 Å². The van der Waals surface area contributed by atoms with Gasteiger partial charge in [0.05, 0.1) is 12.7 Å². The zero-order chi connectivity index (χ0) is 18.4. The molecule has 0 aromatic carbocycles. The van der Waals surface area contributed by atoms with Gasteiger partial charge in [0.1, 0.15) is 5.01 Å². The molecule has 0 bridgehead atoms. The first kappa shape index (κ1) is 18.5. The number of nitrogens with zero attached hydrogens (tertiary/aromatic N) is 3. The number of amides is 1. The number of methoxy groups -OCH3 is 1. The number of nitrogens with one attached hydrogen (secondary N) is 1. The first-order valence-electron chi connectivity index (χ1n) is 7.27. The second kappa shape index (κ2) is 8.29. The van der Waals surface area contributed by atoms with Gasteiger partial charge in [-0.1, -0.05) is 30.1 Å². The number of allylic oxidation sites excluding steroid dienone is 3. The van der Waals surface area contributed by atoms with Gasteiger partial charge in [-0.2, -0.15) is 0 Å². The minimum atomic E-state index is -0.676.